The summed E-state index contributed by atoms with van der Waals surface area (Å²) in [6.45, 7) is 12.9. The molecule has 2 N–H and O–H groups in total. The van der Waals surface area contributed by atoms with Gasteiger partial charge < -0.3 is 19.7 Å². The molecule has 1 aliphatic heterocycles. The van der Waals surface area contributed by atoms with Crippen molar-refractivity contribution in [2.24, 2.45) is 10.9 Å². The van der Waals surface area contributed by atoms with Crippen molar-refractivity contribution in [2.75, 3.05) is 45.8 Å². The molecule has 0 amide bonds. The molecular weight excluding hydrogens is 419 g/mol. The smallest absolute Gasteiger partial charge is 0.194 e. The quantitative estimate of drug-likeness (QED) is 0.395. The van der Waals surface area contributed by atoms with Crippen LogP contribution in [0.25, 0.3) is 0 Å². The van der Waals surface area contributed by atoms with Crippen LogP contribution in [0, 0.1) is 5.92 Å². The van der Waals surface area contributed by atoms with Gasteiger partial charge in [-0.15, -0.1) is 24.0 Å². The van der Waals surface area contributed by atoms with E-state index >= 15 is 0 Å². The first-order valence-electron chi connectivity index (χ1n) is 8.57. The first kappa shape index (κ1) is 21.2. The molecule has 1 aliphatic rings. The van der Waals surface area contributed by atoms with Crippen molar-refractivity contribution < 1.29 is 9.52 Å². The number of aliphatic hydroxyl groups excluding tert-OH is 1. The first-order chi connectivity index (χ1) is 11.1. The Morgan fingerprint density at radius 3 is 2.58 bits per heavy atom. The molecule has 0 saturated carbocycles. The topological polar surface area (TPSA) is 64.2 Å². The molecule has 138 valence electrons. The SMILES string of the molecule is CCNC(=NCC(O)c1ccco1)N1CCN(CC(C)C)CC1.I. The minimum absolute atomic E-state index is 0. The van der Waals surface area contributed by atoms with E-state index in [9.17, 15) is 5.11 Å². The lowest BCUT2D eigenvalue weighted by Gasteiger charge is -2.37. The molecule has 1 aromatic rings. The summed E-state index contributed by atoms with van der Waals surface area (Å²) in [5.74, 6) is 2.14. The fraction of sp³-hybridized carbons (Fsp3) is 0.706. The molecule has 6 nitrogen and oxygen atoms in total. The maximum Gasteiger partial charge on any atom is 0.194 e. The Hall–Kier alpha value is -0.800. The van der Waals surface area contributed by atoms with Crippen LogP contribution >= 0.6 is 24.0 Å². The molecule has 0 spiro atoms. The Bertz CT molecular complexity index is 471. The molecule has 24 heavy (non-hydrogen) atoms. The number of hydrogen-bond acceptors (Lipinski definition) is 4. The number of hydrogen-bond donors (Lipinski definition) is 2. The van der Waals surface area contributed by atoms with Gasteiger partial charge in [0.2, 0.25) is 0 Å². The van der Waals surface area contributed by atoms with E-state index in [-0.39, 0.29) is 24.0 Å². The number of aliphatic imine (C=N–C) groups is 1. The largest absolute Gasteiger partial charge is 0.467 e. The maximum absolute atomic E-state index is 10.1. The number of furan rings is 1. The van der Waals surface area contributed by atoms with Crippen molar-refractivity contribution in [1.82, 2.24) is 15.1 Å². The highest BCUT2D eigenvalue weighted by Crippen LogP contribution is 2.13. The number of aliphatic hydroxyl groups is 1. The van der Waals surface area contributed by atoms with Gasteiger partial charge in [-0.1, -0.05) is 13.8 Å². The highest BCUT2D eigenvalue weighted by atomic mass is 127. The average Bonchev–Trinajstić information content (AvgIpc) is 3.06. The minimum Gasteiger partial charge on any atom is -0.467 e. The second-order valence-electron chi connectivity index (χ2n) is 6.41. The van der Waals surface area contributed by atoms with Crippen molar-refractivity contribution >= 4 is 29.9 Å². The van der Waals surface area contributed by atoms with Crippen LogP contribution in [0.5, 0.6) is 0 Å². The van der Waals surface area contributed by atoms with E-state index in [1.807, 2.05) is 0 Å². The fourth-order valence-corrected chi connectivity index (χ4v) is 2.83. The zero-order valence-corrected chi connectivity index (χ0v) is 17.3. The molecule has 2 heterocycles. The second-order valence-corrected chi connectivity index (χ2v) is 6.41. The zero-order chi connectivity index (χ0) is 16.7. The molecular formula is C17H31IN4O2. The predicted octanol–water partition coefficient (Wildman–Crippen LogP) is 2.17. The standard InChI is InChI=1S/C17H30N4O2.HI/c1-4-18-17(19-12-15(22)16-6-5-11-23-16)21-9-7-20(8-10-21)13-14(2)3;/h5-6,11,14-15,22H,4,7-10,12-13H2,1-3H3,(H,18,19);1H. The predicted molar refractivity (Wildman–Crippen MR) is 108 cm³/mol. The Balaban J connectivity index is 0.00000288. The summed E-state index contributed by atoms with van der Waals surface area (Å²) in [5.41, 5.74) is 0. The summed E-state index contributed by atoms with van der Waals surface area (Å²) in [5, 5.41) is 13.4. The Morgan fingerprint density at radius 1 is 1.33 bits per heavy atom. The highest BCUT2D eigenvalue weighted by molar-refractivity contribution is 14.0. The van der Waals surface area contributed by atoms with Crippen molar-refractivity contribution in [2.45, 2.75) is 26.9 Å². The maximum atomic E-state index is 10.1. The van der Waals surface area contributed by atoms with Crippen LogP contribution < -0.4 is 5.32 Å². The second kappa shape index (κ2) is 10.9. The molecule has 1 fully saturated rings. The lowest BCUT2D eigenvalue weighted by atomic mass is 10.2. The fourth-order valence-electron chi connectivity index (χ4n) is 2.83. The van der Waals surface area contributed by atoms with Crippen LogP contribution in [0.15, 0.2) is 27.8 Å². The van der Waals surface area contributed by atoms with Crippen LogP contribution in [0.1, 0.15) is 32.6 Å². The normalized spacial score (nSPS) is 17.7. The van der Waals surface area contributed by atoms with E-state index in [1.54, 1.807) is 18.4 Å². The number of halogens is 1. The molecule has 0 radical (unpaired) electrons. The highest BCUT2D eigenvalue weighted by Gasteiger charge is 2.20. The summed E-state index contributed by atoms with van der Waals surface area (Å²) >= 11 is 0. The van der Waals surface area contributed by atoms with E-state index < -0.39 is 6.10 Å². The van der Waals surface area contributed by atoms with Crippen LogP contribution in [-0.2, 0) is 0 Å². The molecule has 0 aliphatic carbocycles. The monoisotopic (exact) mass is 450 g/mol. The van der Waals surface area contributed by atoms with Crippen LogP contribution in [-0.4, -0.2) is 66.7 Å². The van der Waals surface area contributed by atoms with Crippen molar-refractivity contribution in [3.63, 3.8) is 0 Å². The number of guanidine groups is 1. The van der Waals surface area contributed by atoms with E-state index in [1.165, 1.54) is 0 Å². The summed E-state index contributed by atoms with van der Waals surface area (Å²) in [6, 6.07) is 3.55. The van der Waals surface area contributed by atoms with Gasteiger partial charge in [-0.05, 0) is 25.0 Å². The number of rotatable bonds is 6. The van der Waals surface area contributed by atoms with Gasteiger partial charge in [0.1, 0.15) is 11.9 Å². The van der Waals surface area contributed by atoms with Crippen LogP contribution in [0.3, 0.4) is 0 Å². The van der Waals surface area contributed by atoms with Crippen LogP contribution in [0.4, 0.5) is 0 Å². The van der Waals surface area contributed by atoms with E-state index in [2.05, 4.69) is 40.9 Å². The summed E-state index contributed by atoms with van der Waals surface area (Å²) < 4.78 is 5.22. The van der Waals surface area contributed by atoms with Crippen molar-refractivity contribution in [3.8, 4) is 0 Å². The number of nitrogens with one attached hydrogen (secondary N) is 1. The molecule has 0 bridgehead atoms. The molecule has 7 heteroatoms. The number of nitrogens with zero attached hydrogens (tertiary/aromatic N) is 3. The lowest BCUT2D eigenvalue weighted by Crippen LogP contribution is -2.53. The van der Waals surface area contributed by atoms with E-state index in [0.29, 0.717) is 18.2 Å². The van der Waals surface area contributed by atoms with Gasteiger partial charge in [-0.3, -0.25) is 4.90 Å². The summed E-state index contributed by atoms with van der Waals surface area (Å²) in [7, 11) is 0. The van der Waals surface area contributed by atoms with E-state index in [4.69, 9.17) is 4.42 Å². The first-order valence-corrected chi connectivity index (χ1v) is 8.57. The van der Waals surface area contributed by atoms with Gasteiger partial charge in [-0.2, -0.15) is 0 Å². The van der Waals surface area contributed by atoms with E-state index in [0.717, 1.165) is 45.2 Å². The van der Waals surface area contributed by atoms with Crippen molar-refractivity contribution in [3.05, 3.63) is 24.2 Å². The molecule has 0 aromatic carbocycles. The molecule has 2 rings (SSSR count). The minimum atomic E-state index is -0.694. The Kier molecular flexibility index (Phi) is 9.68. The van der Waals surface area contributed by atoms with Gasteiger partial charge in [-0.25, -0.2) is 4.99 Å². The Morgan fingerprint density at radius 2 is 2.04 bits per heavy atom. The van der Waals surface area contributed by atoms with Gasteiger partial charge >= 0.3 is 0 Å². The lowest BCUT2D eigenvalue weighted by molar-refractivity contribution is 0.153. The third-order valence-corrected chi connectivity index (χ3v) is 3.92. The summed E-state index contributed by atoms with van der Waals surface area (Å²) in [6.07, 6.45) is 0.877. The molecule has 1 aromatic heterocycles. The molecule has 1 atom stereocenters. The van der Waals surface area contributed by atoms with Crippen LogP contribution in [0.2, 0.25) is 0 Å². The van der Waals surface area contributed by atoms with Crippen molar-refractivity contribution in [1.29, 1.82) is 0 Å². The van der Waals surface area contributed by atoms with Gasteiger partial charge in [0.25, 0.3) is 0 Å². The number of piperazine rings is 1. The third kappa shape index (κ3) is 6.60. The van der Waals surface area contributed by atoms with Gasteiger partial charge in [0.15, 0.2) is 5.96 Å². The molecule has 1 unspecified atom stereocenters. The third-order valence-electron chi connectivity index (χ3n) is 3.92. The van der Waals surface area contributed by atoms with Gasteiger partial charge in [0.05, 0.1) is 12.8 Å². The Labute approximate surface area is 162 Å². The average molecular weight is 450 g/mol. The summed E-state index contributed by atoms with van der Waals surface area (Å²) in [4.78, 5) is 9.36. The molecule has 1 saturated heterocycles. The zero-order valence-electron chi connectivity index (χ0n) is 14.9. The van der Waals surface area contributed by atoms with Gasteiger partial charge in [0, 0.05) is 39.3 Å².